The van der Waals surface area contributed by atoms with E-state index in [0.29, 0.717) is 17.6 Å². The second-order valence-corrected chi connectivity index (χ2v) is 6.28. The first-order valence-electron chi connectivity index (χ1n) is 8.67. The molecular weight excluding hydrogens is 300 g/mol. The Kier molecular flexibility index (Phi) is 5.08. The lowest BCUT2D eigenvalue weighted by atomic mass is 10.1. The van der Waals surface area contributed by atoms with Gasteiger partial charge in [-0.1, -0.05) is 38.0 Å². The Labute approximate surface area is 142 Å². The highest BCUT2D eigenvalue weighted by Crippen LogP contribution is 2.22. The minimum atomic E-state index is -0.198. The Balaban J connectivity index is 1.77. The van der Waals surface area contributed by atoms with Crippen molar-refractivity contribution in [3.05, 3.63) is 47.4 Å². The summed E-state index contributed by atoms with van der Waals surface area (Å²) in [6.45, 7) is 3.89. The molecule has 0 spiro atoms. The number of carbonyl (C=O) groups excluding carboxylic acids is 1. The van der Waals surface area contributed by atoms with Gasteiger partial charge in [0.15, 0.2) is 0 Å². The van der Waals surface area contributed by atoms with E-state index < -0.39 is 0 Å². The largest absolute Gasteiger partial charge is 0.367 e. The number of anilines is 2. The Morgan fingerprint density at radius 1 is 1.21 bits per heavy atom. The Morgan fingerprint density at radius 3 is 2.71 bits per heavy atom. The normalized spacial score (nSPS) is 14.6. The van der Waals surface area contributed by atoms with Crippen LogP contribution in [0.5, 0.6) is 0 Å². The molecule has 0 aliphatic heterocycles. The average molecular weight is 324 g/mol. The fourth-order valence-corrected chi connectivity index (χ4v) is 3.17. The summed E-state index contributed by atoms with van der Waals surface area (Å²) in [7, 11) is 0. The predicted molar refractivity (Wildman–Crippen MR) is 96.4 cm³/mol. The molecule has 24 heavy (non-hydrogen) atoms. The molecule has 1 heterocycles. The predicted octanol–water partition coefficient (Wildman–Crippen LogP) is 3.95. The van der Waals surface area contributed by atoms with Crippen molar-refractivity contribution in [2.75, 3.05) is 10.6 Å². The van der Waals surface area contributed by atoms with E-state index in [2.05, 4.69) is 27.5 Å². The van der Waals surface area contributed by atoms with Crippen LogP contribution in [0, 0.1) is 6.92 Å². The molecule has 5 heteroatoms. The molecule has 5 nitrogen and oxygen atoms in total. The van der Waals surface area contributed by atoms with Gasteiger partial charge in [-0.15, -0.1) is 0 Å². The Morgan fingerprint density at radius 2 is 1.96 bits per heavy atom. The number of aromatic nitrogens is 2. The summed E-state index contributed by atoms with van der Waals surface area (Å²) >= 11 is 0. The first-order valence-corrected chi connectivity index (χ1v) is 8.67. The topological polar surface area (TPSA) is 66.9 Å². The zero-order valence-corrected chi connectivity index (χ0v) is 14.3. The van der Waals surface area contributed by atoms with Gasteiger partial charge in [-0.3, -0.25) is 4.79 Å². The molecule has 0 atom stereocenters. The number of hydrogen-bond acceptors (Lipinski definition) is 4. The Bertz CT molecular complexity index is 723. The van der Waals surface area contributed by atoms with Crippen molar-refractivity contribution >= 4 is 17.4 Å². The van der Waals surface area contributed by atoms with Gasteiger partial charge in [-0.05, 0) is 37.8 Å². The van der Waals surface area contributed by atoms with E-state index in [1.807, 2.05) is 31.2 Å². The third-order valence-corrected chi connectivity index (χ3v) is 4.42. The van der Waals surface area contributed by atoms with Gasteiger partial charge < -0.3 is 10.6 Å². The third-order valence-electron chi connectivity index (χ3n) is 4.42. The molecule has 1 fully saturated rings. The van der Waals surface area contributed by atoms with Crippen LogP contribution < -0.4 is 10.6 Å². The van der Waals surface area contributed by atoms with E-state index in [1.165, 1.54) is 12.8 Å². The molecule has 1 aromatic carbocycles. The summed E-state index contributed by atoms with van der Waals surface area (Å²) in [4.78, 5) is 21.3. The lowest BCUT2D eigenvalue weighted by Gasteiger charge is -2.14. The molecular formula is C19H24N4O. The number of aryl methyl sites for hydroxylation is 2. The molecule has 2 N–H and O–H groups in total. The number of amides is 1. The highest BCUT2D eigenvalue weighted by Gasteiger charge is 2.17. The summed E-state index contributed by atoms with van der Waals surface area (Å²) in [6.07, 6.45) is 5.70. The first-order chi connectivity index (χ1) is 11.7. The highest BCUT2D eigenvalue weighted by atomic mass is 16.1. The second-order valence-electron chi connectivity index (χ2n) is 6.28. The molecule has 0 saturated heterocycles. The van der Waals surface area contributed by atoms with Crippen molar-refractivity contribution in [1.82, 2.24) is 9.97 Å². The van der Waals surface area contributed by atoms with E-state index in [4.69, 9.17) is 0 Å². The Hall–Kier alpha value is -2.43. The van der Waals surface area contributed by atoms with Crippen LogP contribution in [0.3, 0.4) is 0 Å². The van der Waals surface area contributed by atoms with E-state index in [-0.39, 0.29) is 5.91 Å². The summed E-state index contributed by atoms with van der Waals surface area (Å²) in [6, 6.07) is 10.0. The quantitative estimate of drug-likeness (QED) is 0.874. The fourth-order valence-electron chi connectivity index (χ4n) is 3.17. The van der Waals surface area contributed by atoms with Gasteiger partial charge in [0.1, 0.15) is 17.3 Å². The molecule has 126 valence electrons. The minimum absolute atomic E-state index is 0.198. The number of hydrogen-bond donors (Lipinski definition) is 2. The number of rotatable bonds is 5. The van der Waals surface area contributed by atoms with Crippen LogP contribution in [-0.2, 0) is 6.42 Å². The van der Waals surface area contributed by atoms with Crippen LogP contribution in [0.4, 0.5) is 11.5 Å². The number of nitrogens with zero attached hydrogens (tertiary/aromatic N) is 2. The molecule has 1 amide bonds. The third kappa shape index (κ3) is 3.91. The van der Waals surface area contributed by atoms with Crippen molar-refractivity contribution in [1.29, 1.82) is 0 Å². The number of carbonyl (C=O) groups is 1. The second kappa shape index (κ2) is 7.43. The molecule has 1 aliphatic carbocycles. The molecule has 2 aromatic rings. The zero-order chi connectivity index (χ0) is 16.9. The van der Waals surface area contributed by atoms with Crippen LogP contribution in [-0.4, -0.2) is 21.9 Å². The van der Waals surface area contributed by atoms with Crippen molar-refractivity contribution in [3.63, 3.8) is 0 Å². The van der Waals surface area contributed by atoms with Crippen LogP contribution in [0.25, 0.3) is 0 Å². The minimum Gasteiger partial charge on any atom is -0.367 e. The van der Waals surface area contributed by atoms with E-state index in [0.717, 1.165) is 36.3 Å². The molecule has 1 aromatic heterocycles. The van der Waals surface area contributed by atoms with Crippen molar-refractivity contribution in [2.24, 2.45) is 0 Å². The zero-order valence-electron chi connectivity index (χ0n) is 14.3. The van der Waals surface area contributed by atoms with Crippen LogP contribution in [0.15, 0.2) is 30.3 Å². The van der Waals surface area contributed by atoms with E-state index >= 15 is 0 Å². The number of nitrogens with one attached hydrogen (secondary N) is 2. The molecule has 3 rings (SSSR count). The van der Waals surface area contributed by atoms with Crippen LogP contribution >= 0.6 is 0 Å². The van der Waals surface area contributed by atoms with Gasteiger partial charge in [0.2, 0.25) is 0 Å². The van der Waals surface area contributed by atoms with Crippen LogP contribution in [0.2, 0.25) is 0 Å². The standard InChI is InChI=1S/C19H24N4O/c1-3-14-8-4-7-11-16(14)23-19(24)17-12-18(21-13(2)20-17)22-15-9-5-6-10-15/h4,7-8,11-12,15H,3,5-6,9-10H2,1-2H3,(H,23,24)(H,20,21,22). The molecule has 0 unspecified atom stereocenters. The molecule has 1 aliphatic rings. The van der Waals surface area contributed by atoms with Gasteiger partial charge >= 0.3 is 0 Å². The highest BCUT2D eigenvalue weighted by molar-refractivity contribution is 6.03. The maximum atomic E-state index is 12.6. The summed E-state index contributed by atoms with van der Waals surface area (Å²) in [5.41, 5.74) is 2.35. The van der Waals surface area contributed by atoms with Gasteiger partial charge in [-0.2, -0.15) is 0 Å². The maximum Gasteiger partial charge on any atom is 0.274 e. The summed E-state index contributed by atoms with van der Waals surface area (Å²) in [5.74, 6) is 1.14. The van der Waals surface area contributed by atoms with Crippen molar-refractivity contribution in [3.8, 4) is 0 Å². The summed E-state index contributed by atoms with van der Waals surface area (Å²) in [5, 5.41) is 6.40. The van der Waals surface area contributed by atoms with Gasteiger partial charge in [0.05, 0.1) is 0 Å². The van der Waals surface area contributed by atoms with Gasteiger partial charge in [0, 0.05) is 17.8 Å². The summed E-state index contributed by atoms with van der Waals surface area (Å²) < 4.78 is 0. The lowest BCUT2D eigenvalue weighted by molar-refractivity contribution is 0.102. The monoisotopic (exact) mass is 324 g/mol. The van der Waals surface area contributed by atoms with Gasteiger partial charge in [-0.25, -0.2) is 9.97 Å². The number of benzene rings is 1. The molecule has 0 bridgehead atoms. The molecule has 1 saturated carbocycles. The van der Waals surface area contributed by atoms with Crippen LogP contribution in [0.1, 0.15) is 54.5 Å². The van der Waals surface area contributed by atoms with Crippen molar-refractivity contribution < 1.29 is 4.79 Å². The van der Waals surface area contributed by atoms with Crippen molar-refractivity contribution in [2.45, 2.75) is 52.0 Å². The SMILES string of the molecule is CCc1ccccc1NC(=O)c1cc(NC2CCCC2)nc(C)n1. The lowest BCUT2D eigenvalue weighted by Crippen LogP contribution is -2.19. The van der Waals surface area contributed by atoms with E-state index in [9.17, 15) is 4.79 Å². The fraction of sp³-hybridized carbons (Fsp3) is 0.421. The van der Waals surface area contributed by atoms with E-state index in [1.54, 1.807) is 6.07 Å². The smallest absolute Gasteiger partial charge is 0.274 e. The molecule has 0 radical (unpaired) electrons. The van der Waals surface area contributed by atoms with Gasteiger partial charge in [0.25, 0.3) is 5.91 Å². The first kappa shape index (κ1) is 16.4. The average Bonchev–Trinajstić information content (AvgIpc) is 3.07. The number of para-hydroxylation sites is 1. The maximum absolute atomic E-state index is 12.6.